The third-order valence-electron chi connectivity index (χ3n) is 5.01. The summed E-state index contributed by atoms with van der Waals surface area (Å²) in [5, 5.41) is 6.77. The summed E-state index contributed by atoms with van der Waals surface area (Å²) in [7, 11) is 0. The van der Waals surface area contributed by atoms with Gasteiger partial charge < -0.3 is 15.5 Å². The number of hydrogen-bond acceptors (Lipinski definition) is 3. The molecular formula is C19H29N5O. The molecule has 1 aromatic rings. The Morgan fingerprint density at radius 3 is 2.88 bits per heavy atom. The van der Waals surface area contributed by atoms with Crippen molar-refractivity contribution in [3.63, 3.8) is 0 Å². The first-order valence-electron chi connectivity index (χ1n) is 9.50. The Balaban J connectivity index is 1.53. The van der Waals surface area contributed by atoms with Gasteiger partial charge in [0, 0.05) is 37.8 Å². The van der Waals surface area contributed by atoms with Crippen LogP contribution in [0.5, 0.6) is 0 Å². The summed E-state index contributed by atoms with van der Waals surface area (Å²) in [4.78, 5) is 23.5. The number of likely N-dealkylation sites (tertiary alicyclic amines) is 1. The molecule has 1 atom stereocenters. The van der Waals surface area contributed by atoms with Crippen LogP contribution in [0.4, 0.5) is 0 Å². The Kier molecular flexibility index (Phi) is 6.25. The molecule has 2 fully saturated rings. The molecule has 2 N–H and O–H groups in total. The van der Waals surface area contributed by atoms with Crippen molar-refractivity contribution in [3.05, 3.63) is 30.1 Å². The summed E-state index contributed by atoms with van der Waals surface area (Å²) < 4.78 is 0. The van der Waals surface area contributed by atoms with Gasteiger partial charge in [0.2, 0.25) is 5.91 Å². The summed E-state index contributed by atoms with van der Waals surface area (Å²) >= 11 is 0. The molecule has 1 aliphatic heterocycles. The Hall–Kier alpha value is -2.11. The Morgan fingerprint density at radius 2 is 2.16 bits per heavy atom. The zero-order valence-electron chi connectivity index (χ0n) is 15.1. The lowest BCUT2D eigenvalue weighted by molar-refractivity contribution is -0.134. The van der Waals surface area contributed by atoms with E-state index in [9.17, 15) is 4.79 Å². The molecule has 6 nitrogen and oxygen atoms in total. The standard InChI is InChI=1S/C19H29N5O/c1-2-20-19(22-13-16-9-5-6-11-21-16)23-17-10-12-24(14-17)18(25)15-7-3-4-8-15/h5-6,9,11,15,17H,2-4,7-8,10,12-14H2,1H3,(H2,20,22,23). The Morgan fingerprint density at radius 1 is 1.32 bits per heavy atom. The van der Waals surface area contributed by atoms with Gasteiger partial charge in [-0.3, -0.25) is 9.78 Å². The molecule has 1 saturated heterocycles. The summed E-state index contributed by atoms with van der Waals surface area (Å²) in [5.74, 6) is 1.43. The summed E-state index contributed by atoms with van der Waals surface area (Å²) in [6, 6.07) is 6.13. The highest BCUT2D eigenvalue weighted by Gasteiger charge is 2.32. The molecule has 1 unspecified atom stereocenters. The molecule has 25 heavy (non-hydrogen) atoms. The number of aromatic nitrogens is 1. The third-order valence-corrected chi connectivity index (χ3v) is 5.01. The number of aliphatic imine (C=N–C) groups is 1. The van der Waals surface area contributed by atoms with Crippen molar-refractivity contribution in [1.82, 2.24) is 20.5 Å². The molecule has 1 aromatic heterocycles. The van der Waals surface area contributed by atoms with Crippen molar-refractivity contribution in [1.29, 1.82) is 0 Å². The fraction of sp³-hybridized carbons (Fsp3) is 0.632. The molecule has 3 rings (SSSR count). The summed E-state index contributed by atoms with van der Waals surface area (Å²) in [6.45, 7) is 5.05. The zero-order chi connectivity index (χ0) is 17.5. The van der Waals surface area contributed by atoms with E-state index in [1.54, 1.807) is 6.20 Å². The maximum atomic E-state index is 12.6. The van der Waals surface area contributed by atoms with Gasteiger partial charge in [-0.15, -0.1) is 0 Å². The molecule has 1 saturated carbocycles. The number of carbonyl (C=O) groups is 1. The van der Waals surface area contributed by atoms with Crippen molar-refractivity contribution >= 4 is 11.9 Å². The predicted octanol–water partition coefficient (Wildman–Crippen LogP) is 1.93. The van der Waals surface area contributed by atoms with E-state index < -0.39 is 0 Å². The van der Waals surface area contributed by atoms with Gasteiger partial charge in [0.25, 0.3) is 0 Å². The van der Waals surface area contributed by atoms with Crippen molar-refractivity contribution in [2.75, 3.05) is 19.6 Å². The van der Waals surface area contributed by atoms with Gasteiger partial charge in [-0.1, -0.05) is 18.9 Å². The molecule has 1 aliphatic carbocycles. The van der Waals surface area contributed by atoms with Crippen molar-refractivity contribution in [3.8, 4) is 0 Å². The molecule has 1 amide bonds. The number of carbonyl (C=O) groups excluding carboxylic acids is 1. The van der Waals surface area contributed by atoms with Crippen LogP contribution in [-0.4, -0.2) is 47.4 Å². The van der Waals surface area contributed by atoms with Crippen LogP contribution in [0.1, 0.15) is 44.7 Å². The van der Waals surface area contributed by atoms with Crippen LogP contribution >= 0.6 is 0 Å². The minimum atomic E-state index is 0.268. The van der Waals surface area contributed by atoms with Crippen LogP contribution < -0.4 is 10.6 Å². The highest BCUT2D eigenvalue weighted by atomic mass is 16.2. The second-order valence-corrected chi connectivity index (χ2v) is 6.91. The average molecular weight is 343 g/mol. The Labute approximate surface area is 150 Å². The number of rotatable bonds is 5. The SMILES string of the molecule is CCNC(=NCc1ccccn1)NC1CCN(C(=O)C2CCCC2)C1. The molecule has 0 radical (unpaired) electrons. The summed E-state index contributed by atoms with van der Waals surface area (Å²) in [5.41, 5.74) is 0.948. The molecular weight excluding hydrogens is 314 g/mol. The second-order valence-electron chi connectivity index (χ2n) is 6.91. The van der Waals surface area contributed by atoms with Gasteiger partial charge in [-0.2, -0.15) is 0 Å². The van der Waals surface area contributed by atoms with E-state index in [0.29, 0.717) is 12.5 Å². The van der Waals surface area contributed by atoms with Crippen LogP contribution in [0.2, 0.25) is 0 Å². The van der Waals surface area contributed by atoms with Gasteiger partial charge in [0.05, 0.1) is 12.2 Å². The first kappa shape index (κ1) is 17.7. The van der Waals surface area contributed by atoms with E-state index >= 15 is 0 Å². The highest BCUT2D eigenvalue weighted by Crippen LogP contribution is 2.27. The van der Waals surface area contributed by atoms with E-state index in [-0.39, 0.29) is 12.0 Å². The van der Waals surface area contributed by atoms with E-state index in [2.05, 4.69) is 27.5 Å². The number of nitrogens with one attached hydrogen (secondary N) is 2. The van der Waals surface area contributed by atoms with Gasteiger partial charge >= 0.3 is 0 Å². The minimum Gasteiger partial charge on any atom is -0.357 e. The molecule has 2 aliphatic rings. The average Bonchev–Trinajstić information content (AvgIpc) is 3.32. The largest absolute Gasteiger partial charge is 0.357 e. The Bertz CT molecular complexity index is 583. The normalized spacial score (nSPS) is 21.6. The number of guanidine groups is 1. The van der Waals surface area contributed by atoms with E-state index in [1.165, 1.54) is 12.8 Å². The van der Waals surface area contributed by atoms with Crippen molar-refractivity contribution in [2.24, 2.45) is 10.9 Å². The quantitative estimate of drug-likeness (QED) is 0.633. The number of hydrogen-bond donors (Lipinski definition) is 2. The lowest BCUT2D eigenvalue weighted by Crippen LogP contribution is -2.45. The van der Waals surface area contributed by atoms with Crippen LogP contribution in [0.3, 0.4) is 0 Å². The lowest BCUT2D eigenvalue weighted by atomic mass is 10.1. The predicted molar refractivity (Wildman–Crippen MR) is 99.1 cm³/mol. The molecule has 0 aromatic carbocycles. The minimum absolute atomic E-state index is 0.268. The molecule has 0 bridgehead atoms. The van der Waals surface area contributed by atoms with Crippen LogP contribution in [0, 0.1) is 5.92 Å². The highest BCUT2D eigenvalue weighted by molar-refractivity contribution is 5.81. The lowest BCUT2D eigenvalue weighted by Gasteiger charge is -2.21. The smallest absolute Gasteiger partial charge is 0.225 e. The number of pyridine rings is 1. The fourth-order valence-electron chi connectivity index (χ4n) is 3.67. The molecule has 136 valence electrons. The van der Waals surface area contributed by atoms with Gasteiger partial charge in [0.1, 0.15) is 0 Å². The molecule has 6 heteroatoms. The second kappa shape index (κ2) is 8.83. The van der Waals surface area contributed by atoms with Gasteiger partial charge in [0.15, 0.2) is 5.96 Å². The van der Waals surface area contributed by atoms with Crippen LogP contribution in [-0.2, 0) is 11.3 Å². The first-order valence-corrected chi connectivity index (χ1v) is 9.50. The fourth-order valence-corrected chi connectivity index (χ4v) is 3.67. The number of amides is 1. The molecule has 0 spiro atoms. The van der Waals surface area contributed by atoms with E-state index in [4.69, 9.17) is 0 Å². The first-order chi connectivity index (χ1) is 12.3. The van der Waals surface area contributed by atoms with E-state index in [0.717, 1.165) is 50.6 Å². The maximum Gasteiger partial charge on any atom is 0.225 e. The van der Waals surface area contributed by atoms with Crippen LogP contribution in [0.25, 0.3) is 0 Å². The van der Waals surface area contributed by atoms with E-state index in [1.807, 2.05) is 23.1 Å². The maximum absolute atomic E-state index is 12.6. The van der Waals surface area contributed by atoms with Crippen molar-refractivity contribution in [2.45, 2.75) is 51.6 Å². The number of nitrogens with zero attached hydrogens (tertiary/aromatic N) is 3. The van der Waals surface area contributed by atoms with Gasteiger partial charge in [-0.05, 0) is 38.3 Å². The monoisotopic (exact) mass is 343 g/mol. The zero-order valence-corrected chi connectivity index (χ0v) is 15.1. The van der Waals surface area contributed by atoms with Crippen molar-refractivity contribution < 1.29 is 4.79 Å². The third kappa shape index (κ3) is 4.94. The summed E-state index contributed by atoms with van der Waals surface area (Å²) in [6.07, 6.45) is 7.32. The van der Waals surface area contributed by atoms with Gasteiger partial charge in [-0.25, -0.2) is 4.99 Å². The topological polar surface area (TPSA) is 69.6 Å². The van der Waals surface area contributed by atoms with Crippen LogP contribution in [0.15, 0.2) is 29.4 Å². The molecule has 2 heterocycles.